The summed E-state index contributed by atoms with van der Waals surface area (Å²) >= 11 is 0. The smallest absolute Gasteiger partial charge is 0.416 e. The monoisotopic (exact) mass is 577 g/mol. The van der Waals surface area contributed by atoms with Gasteiger partial charge in [0, 0.05) is 38.1 Å². The Morgan fingerprint density at radius 3 is 2.46 bits per heavy atom. The van der Waals surface area contributed by atoms with Gasteiger partial charge in [0.2, 0.25) is 11.8 Å². The normalized spacial score (nSPS) is 15.9. The Kier molecular flexibility index (Phi) is 9.11. The molecule has 0 radical (unpaired) electrons. The van der Waals surface area contributed by atoms with Crippen molar-refractivity contribution in [3.8, 4) is 17.1 Å². The fourth-order valence-corrected chi connectivity index (χ4v) is 5.16. The van der Waals surface area contributed by atoms with Crippen LogP contribution in [-0.2, 0) is 16.4 Å². The molecule has 220 valence electrons. The molecule has 1 atom stereocenters. The zero-order valence-electron chi connectivity index (χ0n) is 23.0. The molecule has 1 fully saturated rings. The SMILES string of the molecule is CCOc1ncccc1-c1ncc(C2(C(=O)N[C@@H](C)CNC)CCN(c3ccc(C(F)(F)F)cc3F)CC2)cc1F. The molecule has 1 aliphatic heterocycles. The highest BCUT2D eigenvalue weighted by molar-refractivity contribution is 5.89. The molecule has 1 amide bonds. The molecule has 0 saturated carbocycles. The lowest BCUT2D eigenvalue weighted by molar-refractivity contribution is -0.137. The Morgan fingerprint density at radius 2 is 1.85 bits per heavy atom. The summed E-state index contributed by atoms with van der Waals surface area (Å²) in [6, 6.07) is 6.72. The lowest BCUT2D eigenvalue weighted by Crippen LogP contribution is -2.54. The molecule has 12 heteroatoms. The number of piperidine rings is 1. The van der Waals surface area contributed by atoms with Crippen molar-refractivity contribution < 1.29 is 31.5 Å². The van der Waals surface area contributed by atoms with Crippen LogP contribution in [0.5, 0.6) is 5.88 Å². The summed E-state index contributed by atoms with van der Waals surface area (Å²) in [5.41, 5.74) is -1.53. The summed E-state index contributed by atoms with van der Waals surface area (Å²) < 4.78 is 75.0. The van der Waals surface area contributed by atoms with Crippen molar-refractivity contribution in [2.24, 2.45) is 0 Å². The Bertz CT molecular complexity index is 1380. The van der Waals surface area contributed by atoms with Gasteiger partial charge in [0.15, 0.2) is 0 Å². The van der Waals surface area contributed by atoms with Gasteiger partial charge < -0.3 is 20.3 Å². The number of carbonyl (C=O) groups excluding carboxylic acids is 1. The van der Waals surface area contributed by atoms with Crippen LogP contribution in [0.4, 0.5) is 27.6 Å². The van der Waals surface area contributed by atoms with Gasteiger partial charge in [0.1, 0.15) is 17.3 Å². The number of rotatable bonds is 9. The zero-order valence-corrected chi connectivity index (χ0v) is 23.0. The van der Waals surface area contributed by atoms with Gasteiger partial charge in [-0.25, -0.2) is 13.8 Å². The van der Waals surface area contributed by atoms with Crippen LogP contribution < -0.4 is 20.3 Å². The second kappa shape index (κ2) is 12.4. The minimum absolute atomic E-state index is 0.00949. The summed E-state index contributed by atoms with van der Waals surface area (Å²) in [4.78, 5) is 23.9. The summed E-state index contributed by atoms with van der Waals surface area (Å²) in [5, 5.41) is 5.97. The first-order chi connectivity index (χ1) is 19.5. The molecule has 2 N–H and O–H groups in total. The van der Waals surface area contributed by atoms with Crippen molar-refractivity contribution in [3.05, 3.63) is 71.6 Å². The molecule has 1 saturated heterocycles. The summed E-state index contributed by atoms with van der Waals surface area (Å²) in [6.45, 7) is 4.73. The molecule has 3 heterocycles. The van der Waals surface area contributed by atoms with E-state index >= 15 is 4.39 Å². The third-order valence-corrected chi connectivity index (χ3v) is 7.26. The third-order valence-electron chi connectivity index (χ3n) is 7.26. The van der Waals surface area contributed by atoms with E-state index in [-0.39, 0.29) is 55.1 Å². The largest absolute Gasteiger partial charge is 0.477 e. The van der Waals surface area contributed by atoms with E-state index in [1.165, 1.54) is 18.5 Å². The number of halogens is 5. The predicted molar refractivity (Wildman–Crippen MR) is 145 cm³/mol. The van der Waals surface area contributed by atoms with Crippen LogP contribution in [-0.4, -0.2) is 55.2 Å². The number of hydrogen-bond donors (Lipinski definition) is 2. The molecule has 7 nitrogen and oxygen atoms in total. The molecule has 2 aromatic heterocycles. The molecular weight excluding hydrogens is 545 g/mol. The van der Waals surface area contributed by atoms with Crippen LogP contribution in [0.15, 0.2) is 48.8 Å². The van der Waals surface area contributed by atoms with Crippen LogP contribution in [0.3, 0.4) is 0 Å². The molecule has 3 aromatic rings. The fourth-order valence-electron chi connectivity index (χ4n) is 5.16. The van der Waals surface area contributed by atoms with Crippen molar-refractivity contribution in [3.63, 3.8) is 0 Å². The maximum Gasteiger partial charge on any atom is 0.416 e. The first kappa shape index (κ1) is 30.2. The number of alkyl halides is 3. The van der Waals surface area contributed by atoms with Gasteiger partial charge in [0.25, 0.3) is 0 Å². The number of ether oxygens (including phenoxy) is 1. The topological polar surface area (TPSA) is 79.4 Å². The number of nitrogens with zero attached hydrogens (tertiary/aromatic N) is 3. The van der Waals surface area contributed by atoms with Gasteiger partial charge >= 0.3 is 6.18 Å². The van der Waals surface area contributed by atoms with Crippen molar-refractivity contribution >= 4 is 11.6 Å². The van der Waals surface area contributed by atoms with E-state index < -0.39 is 28.8 Å². The fraction of sp³-hybridized carbons (Fsp3) is 0.414. The van der Waals surface area contributed by atoms with E-state index in [4.69, 9.17) is 4.74 Å². The maximum atomic E-state index is 15.6. The van der Waals surface area contributed by atoms with E-state index in [0.29, 0.717) is 30.3 Å². The number of pyridine rings is 2. The van der Waals surface area contributed by atoms with Gasteiger partial charge in [-0.3, -0.25) is 9.78 Å². The highest BCUT2D eigenvalue weighted by Crippen LogP contribution is 2.40. The van der Waals surface area contributed by atoms with Gasteiger partial charge in [0.05, 0.1) is 28.8 Å². The molecule has 0 unspecified atom stereocenters. The number of nitrogens with one attached hydrogen (secondary N) is 2. The Labute approximate surface area is 235 Å². The minimum Gasteiger partial charge on any atom is -0.477 e. The molecule has 4 rings (SSSR count). The number of benzene rings is 1. The Balaban J connectivity index is 1.67. The van der Waals surface area contributed by atoms with E-state index in [2.05, 4.69) is 20.6 Å². The van der Waals surface area contributed by atoms with Crippen LogP contribution in [0.1, 0.15) is 37.8 Å². The van der Waals surface area contributed by atoms with Crippen LogP contribution in [0, 0.1) is 11.6 Å². The van der Waals surface area contributed by atoms with Crippen LogP contribution in [0.25, 0.3) is 11.3 Å². The number of carbonyl (C=O) groups is 1. The first-order valence-electron chi connectivity index (χ1n) is 13.3. The zero-order chi connectivity index (χ0) is 29.8. The summed E-state index contributed by atoms with van der Waals surface area (Å²) in [7, 11) is 1.75. The van der Waals surface area contributed by atoms with Crippen molar-refractivity contribution in [2.75, 3.05) is 38.2 Å². The van der Waals surface area contributed by atoms with Crippen LogP contribution >= 0.6 is 0 Å². The molecule has 0 bridgehead atoms. The standard InChI is InChI=1S/C29H32F5N5O2/c1-4-41-26-21(6-5-11-36-26)25-23(31)15-20(17-37-25)28(27(40)38-18(2)16-35-3)9-12-39(13-10-28)24-8-7-19(14-22(24)30)29(32,33)34/h5-8,11,14-15,17-18,35H,4,9-10,12-13,16H2,1-3H3,(H,38,40)/t18-/m0/s1. The number of anilines is 1. The third kappa shape index (κ3) is 6.42. The van der Waals surface area contributed by atoms with Crippen molar-refractivity contribution in [1.82, 2.24) is 20.6 Å². The van der Waals surface area contributed by atoms with Crippen LogP contribution in [0.2, 0.25) is 0 Å². The number of hydrogen-bond acceptors (Lipinski definition) is 6. The molecule has 0 aliphatic carbocycles. The van der Waals surface area contributed by atoms with Crippen molar-refractivity contribution in [2.45, 2.75) is 44.3 Å². The number of amides is 1. The quantitative estimate of drug-likeness (QED) is 0.345. The molecule has 1 aromatic carbocycles. The van der Waals surface area contributed by atoms with Gasteiger partial charge in [-0.15, -0.1) is 0 Å². The molecular formula is C29H32F5N5O2. The lowest BCUT2D eigenvalue weighted by Gasteiger charge is -2.42. The molecule has 41 heavy (non-hydrogen) atoms. The maximum absolute atomic E-state index is 15.6. The highest BCUT2D eigenvalue weighted by atomic mass is 19.4. The van der Waals surface area contributed by atoms with E-state index in [1.54, 1.807) is 31.0 Å². The minimum atomic E-state index is -4.67. The second-order valence-corrected chi connectivity index (χ2v) is 10.0. The van der Waals surface area contributed by atoms with Crippen molar-refractivity contribution in [1.29, 1.82) is 0 Å². The molecule has 0 spiro atoms. The highest BCUT2D eigenvalue weighted by Gasteiger charge is 2.44. The number of aromatic nitrogens is 2. The number of likely N-dealkylation sites (N-methyl/N-ethyl adjacent to an activating group) is 1. The van der Waals surface area contributed by atoms with Gasteiger partial charge in [-0.2, -0.15) is 13.2 Å². The van der Waals surface area contributed by atoms with Gasteiger partial charge in [-0.05, 0) is 75.7 Å². The predicted octanol–water partition coefficient (Wildman–Crippen LogP) is 5.10. The molecule has 1 aliphatic rings. The summed E-state index contributed by atoms with van der Waals surface area (Å²) in [6.07, 6.45) is -1.37. The lowest BCUT2D eigenvalue weighted by atomic mass is 9.72. The van der Waals surface area contributed by atoms with E-state index in [9.17, 15) is 22.4 Å². The van der Waals surface area contributed by atoms with E-state index in [1.807, 2.05) is 6.92 Å². The average Bonchev–Trinajstić information content (AvgIpc) is 2.93. The Morgan fingerprint density at radius 1 is 1.12 bits per heavy atom. The first-order valence-corrected chi connectivity index (χ1v) is 13.3. The van der Waals surface area contributed by atoms with Gasteiger partial charge in [-0.1, -0.05) is 0 Å². The average molecular weight is 578 g/mol. The summed E-state index contributed by atoms with van der Waals surface area (Å²) in [5.74, 6) is -1.77. The second-order valence-electron chi connectivity index (χ2n) is 10.0. The Hall–Kier alpha value is -3.80. The van der Waals surface area contributed by atoms with E-state index in [0.717, 1.165) is 12.1 Å².